The van der Waals surface area contributed by atoms with Gasteiger partial charge in [-0.1, -0.05) is 13.3 Å². The van der Waals surface area contributed by atoms with Crippen molar-refractivity contribution in [3.05, 3.63) is 11.4 Å². The molecule has 1 aliphatic rings. The van der Waals surface area contributed by atoms with E-state index in [1.54, 1.807) is 0 Å². The van der Waals surface area contributed by atoms with Crippen molar-refractivity contribution in [3.63, 3.8) is 0 Å². The molecule has 2 N–H and O–H groups in total. The van der Waals surface area contributed by atoms with E-state index in [0.29, 0.717) is 11.7 Å². The Morgan fingerprint density at radius 3 is 2.56 bits per heavy atom. The van der Waals surface area contributed by atoms with Crippen LogP contribution < -0.4 is 10.6 Å². The van der Waals surface area contributed by atoms with E-state index in [9.17, 15) is 0 Å². The van der Waals surface area contributed by atoms with E-state index in [0.717, 1.165) is 30.3 Å². The van der Waals surface area contributed by atoms with Gasteiger partial charge in [0.05, 0.1) is 0 Å². The van der Waals surface area contributed by atoms with Crippen molar-refractivity contribution in [1.29, 1.82) is 0 Å². The molecule has 0 atom stereocenters. The van der Waals surface area contributed by atoms with E-state index in [4.69, 9.17) is 10.7 Å². The van der Waals surface area contributed by atoms with Gasteiger partial charge in [0, 0.05) is 24.6 Å². The third kappa shape index (κ3) is 2.74. The lowest BCUT2D eigenvalue weighted by Crippen LogP contribution is -2.26. The van der Waals surface area contributed by atoms with Gasteiger partial charge < -0.3 is 10.6 Å². The molecule has 1 aromatic heterocycles. The molecule has 1 fully saturated rings. The number of nitrogens with zero attached hydrogens (tertiary/aromatic N) is 3. The number of hydrogen-bond acceptors (Lipinski definition) is 4. The molecule has 4 nitrogen and oxygen atoms in total. The Morgan fingerprint density at radius 1 is 1.28 bits per heavy atom. The molecular weight excluding hydrogens is 224 g/mol. The van der Waals surface area contributed by atoms with Crippen molar-refractivity contribution in [2.75, 3.05) is 23.7 Å². The summed E-state index contributed by atoms with van der Waals surface area (Å²) in [6.45, 7) is 8.43. The number of anilines is 2. The Bertz CT molecular complexity index is 413. The maximum Gasteiger partial charge on any atom is 0.137 e. The maximum atomic E-state index is 6.03. The summed E-state index contributed by atoms with van der Waals surface area (Å²) in [5, 5.41) is 0. The van der Waals surface area contributed by atoms with Crippen LogP contribution in [0.5, 0.6) is 0 Å². The Kier molecular flexibility index (Phi) is 4.04. The summed E-state index contributed by atoms with van der Waals surface area (Å²) in [5.74, 6) is 3.19. The molecule has 2 rings (SSSR count). The second-order valence-corrected chi connectivity index (χ2v) is 5.12. The van der Waals surface area contributed by atoms with Gasteiger partial charge in [0.15, 0.2) is 0 Å². The van der Waals surface area contributed by atoms with Gasteiger partial charge in [0.1, 0.15) is 17.5 Å². The number of nitrogens with two attached hydrogens (primary N) is 1. The Morgan fingerprint density at radius 2 is 2.00 bits per heavy atom. The molecule has 0 saturated heterocycles. The molecule has 1 heterocycles. The van der Waals surface area contributed by atoms with Crippen molar-refractivity contribution >= 4 is 11.6 Å². The zero-order valence-electron chi connectivity index (χ0n) is 11.7. The highest BCUT2D eigenvalue weighted by Crippen LogP contribution is 2.39. The number of hydrogen-bond donors (Lipinski definition) is 1. The lowest BCUT2D eigenvalue weighted by atomic mass is 10.2. The zero-order chi connectivity index (χ0) is 13.1. The molecule has 1 aliphatic carbocycles. The van der Waals surface area contributed by atoms with Crippen LogP contribution in [0.1, 0.15) is 56.8 Å². The standard InChI is InChI=1S/C14H24N4/c1-4-6-9-18(5-2)14-10(3)12(15)16-13(17-14)11-7-8-11/h11H,4-9H2,1-3H3,(H2,15,16,17). The third-order valence-corrected chi connectivity index (χ3v) is 3.58. The van der Waals surface area contributed by atoms with Gasteiger partial charge in [0.2, 0.25) is 0 Å². The summed E-state index contributed by atoms with van der Waals surface area (Å²) in [6, 6.07) is 0. The van der Waals surface area contributed by atoms with Gasteiger partial charge in [-0.25, -0.2) is 9.97 Å². The van der Waals surface area contributed by atoms with E-state index in [1.807, 2.05) is 6.92 Å². The first-order valence-electron chi connectivity index (χ1n) is 7.06. The molecule has 0 amide bonds. The molecule has 1 saturated carbocycles. The predicted octanol–water partition coefficient (Wildman–Crippen LogP) is 2.87. The minimum atomic E-state index is 0.552. The minimum Gasteiger partial charge on any atom is -0.383 e. The van der Waals surface area contributed by atoms with E-state index >= 15 is 0 Å². The minimum absolute atomic E-state index is 0.552. The van der Waals surface area contributed by atoms with Crippen LogP contribution in [0.3, 0.4) is 0 Å². The van der Waals surface area contributed by atoms with E-state index < -0.39 is 0 Å². The summed E-state index contributed by atoms with van der Waals surface area (Å²) < 4.78 is 0. The summed E-state index contributed by atoms with van der Waals surface area (Å²) in [5.41, 5.74) is 7.06. The first kappa shape index (κ1) is 13.1. The van der Waals surface area contributed by atoms with Crippen LogP contribution in [0.25, 0.3) is 0 Å². The molecule has 18 heavy (non-hydrogen) atoms. The van der Waals surface area contributed by atoms with Crippen LogP contribution in [0.15, 0.2) is 0 Å². The lowest BCUT2D eigenvalue weighted by Gasteiger charge is -2.24. The van der Waals surface area contributed by atoms with Gasteiger partial charge in [-0.05, 0) is 33.1 Å². The number of aromatic nitrogens is 2. The smallest absolute Gasteiger partial charge is 0.137 e. The topological polar surface area (TPSA) is 55.0 Å². The van der Waals surface area contributed by atoms with Crippen LogP contribution in [-0.2, 0) is 0 Å². The van der Waals surface area contributed by atoms with E-state index in [1.165, 1.54) is 25.7 Å². The highest BCUT2D eigenvalue weighted by atomic mass is 15.2. The summed E-state index contributed by atoms with van der Waals surface area (Å²) in [6.07, 6.45) is 4.81. The largest absolute Gasteiger partial charge is 0.383 e. The maximum absolute atomic E-state index is 6.03. The molecule has 0 unspecified atom stereocenters. The second-order valence-electron chi connectivity index (χ2n) is 5.12. The molecule has 1 aromatic rings. The molecule has 0 spiro atoms. The van der Waals surface area contributed by atoms with Crippen molar-refractivity contribution in [1.82, 2.24) is 9.97 Å². The fourth-order valence-electron chi connectivity index (χ4n) is 2.13. The van der Waals surface area contributed by atoms with Gasteiger partial charge in [-0.3, -0.25) is 0 Å². The third-order valence-electron chi connectivity index (χ3n) is 3.58. The van der Waals surface area contributed by atoms with Crippen molar-refractivity contribution in [3.8, 4) is 0 Å². The average Bonchev–Trinajstić information content (AvgIpc) is 3.19. The van der Waals surface area contributed by atoms with Gasteiger partial charge in [-0.15, -0.1) is 0 Å². The molecular formula is C14H24N4. The second kappa shape index (κ2) is 5.55. The van der Waals surface area contributed by atoms with Gasteiger partial charge in [-0.2, -0.15) is 0 Å². The van der Waals surface area contributed by atoms with Crippen LogP contribution in [-0.4, -0.2) is 23.1 Å². The Labute approximate surface area is 110 Å². The highest BCUT2D eigenvalue weighted by Gasteiger charge is 2.28. The van der Waals surface area contributed by atoms with Crippen LogP contribution >= 0.6 is 0 Å². The number of nitrogen functional groups attached to an aromatic ring is 1. The highest BCUT2D eigenvalue weighted by molar-refractivity contribution is 5.56. The first-order valence-corrected chi connectivity index (χ1v) is 7.06. The van der Waals surface area contributed by atoms with E-state index in [-0.39, 0.29) is 0 Å². The molecule has 0 radical (unpaired) electrons. The SMILES string of the molecule is CCCCN(CC)c1nc(C2CC2)nc(N)c1C. The molecule has 100 valence electrons. The molecule has 0 bridgehead atoms. The lowest BCUT2D eigenvalue weighted by molar-refractivity contribution is 0.716. The first-order chi connectivity index (χ1) is 8.67. The van der Waals surface area contributed by atoms with Crippen LogP contribution in [0.2, 0.25) is 0 Å². The van der Waals surface area contributed by atoms with E-state index in [2.05, 4.69) is 23.7 Å². The fourth-order valence-corrected chi connectivity index (χ4v) is 2.13. The van der Waals surface area contributed by atoms with Gasteiger partial charge in [0.25, 0.3) is 0 Å². The fraction of sp³-hybridized carbons (Fsp3) is 0.714. The van der Waals surface area contributed by atoms with Crippen LogP contribution in [0, 0.1) is 6.92 Å². The summed E-state index contributed by atoms with van der Waals surface area (Å²) in [7, 11) is 0. The quantitative estimate of drug-likeness (QED) is 0.841. The number of unbranched alkanes of at least 4 members (excludes halogenated alkanes) is 1. The molecule has 0 aliphatic heterocycles. The molecule has 0 aromatic carbocycles. The average molecular weight is 248 g/mol. The summed E-state index contributed by atoms with van der Waals surface area (Å²) in [4.78, 5) is 11.5. The van der Waals surface area contributed by atoms with Crippen molar-refractivity contribution in [2.24, 2.45) is 0 Å². The zero-order valence-corrected chi connectivity index (χ0v) is 11.7. The van der Waals surface area contributed by atoms with Crippen molar-refractivity contribution < 1.29 is 0 Å². The molecule has 4 heteroatoms. The van der Waals surface area contributed by atoms with Crippen LogP contribution in [0.4, 0.5) is 11.6 Å². The van der Waals surface area contributed by atoms with Crippen molar-refractivity contribution in [2.45, 2.75) is 52.4 Å². The monoisotopic (exact) mass is 248 g/mol. The summed E-state index contributed by atoms with van der Waals surface area (Å²) >= 11 is 0. The Balaban J connectivity index is 2.28. The normalized spacial score (nSPS) is 14.8. The predicted molar refractivity (Wildman–Crippen MR) is 76.0 cm³/mol. The number of rotatable bonds is 6. The van der Waals surface area contributed by atoms with Gasteiger partial charge >= 0.3 is 0 Å². The Hall–Kier alpha value is -1.32.